The summed E-state index contributed by atoms with van der Waals surface area (Å²) < 4.78 is 7.83. The lowest BCUT2D eigenvalue weighted by Gasteiger charge is -2.31. The molecule has 1 aliphatic carbocycles. The van der Waals surface area contributed by atoms with Gasteiger partial charge in [-0.3, -0.25) is 4.68 Å². The highest BCUT2D eigenvalue weighted by Gasteiger charge is 2.30. The van der Waals surface area contributed by atoms with E-state index in [4.69, 9.17) is 4.74 Å². The lowest BCUT2D eigenvalue weighted by Crippen LogP contribution is -2.36. The van der Waals surface area contributed by atoms with Gasteiger partial charge >= 0.3 is 0 Å². The van der Waals surface area contributed by atoms with E-state index in [1.54, 1.807) is 12.4 Å². The number of hydrogen-bond donors (Lipinski definition) is 0. The fraction of sp³-hybridized carbons (Fsp3) is 0.562. The number of nitrogens with zero attached hydrogens (tertiary/aromatic N) is 5. The van der Waals surface area contributed by atoms with Crippen LogP contribution in [0, 0.1) is 5.92 Å². The van der Waals surface area contributed by atoms with Crippen LogP contribution in [-0.4, -0.2) is 39.5 Å². The Bertz CT molecular complexity index is 637. The van der Waals surface area contributed by atoms with Gasteiger partial charge in [0, 0.05) is 56.8 Å². The van der Waals surface area contributed by atoms with Crippen molar-refractivity contribution in [1.29, 1.82) is 0 Å². The number of hydrogen-bond acceptors (Lipinski definition) is 5. The minimum absolute atomic E-state index is 0.285. The van der Waals surface area contributed by atoms with Crippen molar-refractivity contribution in [3.05, 3.63) is 35.9 Å². The van der Waals surface area contributed by atoms with E-state index in [2.05, 4.69) is 26.2 Å². The van der Waals surface area contributed by atoms with E-state index in [9.17, 15) is 0 Å². The molecule has 2 aromatic heterocycles. The Morgan fingerprint density at radius 2 is 2.05 bits per heavy atom. The molecule has 0 unspecified atom stereocenters. The van der Waals surface area contributed by atoms with Crippen molar-refractivity contribution in [3.8, 4) is 0 Å². The average molecular weight is 299 g/mol. The molecule has 0 radical (unpaired) electrons. The van der Waals surface area contributed by atoms with Gasteiger partial charge < -0.3 is 9.64 Å². The van der Waals surface area contributed by atoms with E-state index in [-0.39, 0.29) is 5.92 Å². The van der Waals surface area contributed by atoms with E-state index in [0.29, 0.717) is 0 Å². The molecule has 6 nitrogen and oxygen atoms in total. The van der Waals surface area contributed by atoms with Gasteiger partial charge in [-0.05, 0) is 24.8 Å². The minimum Gasteiger partial charge on any atom is -0.380 e. The average Bonchev–Trinajstić information content (AvgIpc) is 3.27. The molecule has 1 fully saturated rings. The van der Waals surface area contributed by atoms with Crippen molar-refractivity contribution in [3.63, 3.8) is 0 Å². The van der Waals surface area contributed by atoms with Crippen molar-refractivity contribution in [2.24, 2.45) is 13.0 Å². The summed E-state index contributed by atoms with van der Waals surface area (Å²) in [6.07, 6.45) is 8.32. The van der Waals surface area contributed by atoms with Crippen LogP contribution in [0.5, 0.6) is 0 Å². The van der Waals surface area contributed by atoms with Gasteiger partial charge in [0.25, 0.3) is 0 Å². The second kappa shape index (κ2) is 5.68. The smallest absolute Gasteiger partial charge is 0.225 e. The second-order valence-corrected chi connectivity index (χ2v) is 6.32. The molecule has 1 atom stereocenters. The third-order valence-electron chi connectivity index (χ3n) is 4.33. The van der Waals surface area contributed by atoms with Gasteiger partial charge in [0.15, 0.2) is 0 Å². The molecule has 1 aliphatic heterocycles. The lowest BCUT2D eigenvalue weighted by molar-refractivity contribution is 0.109. The zero-order valence-corrected chi connectivity index (χ0v) is 12.9. The fourth-order valence-corrected chi connectivity index (χ4v) is 3.04. The first-order chi connectivity index (χ1) is 10.8. The zero-order valence-electron chi connectivity index (χ0n) is 12.9. The number of rotatable bonds is 5. The summed E-state index contributed by atoms with van der Waals surface area (Å²) in [4.78, 5) is 11.0. The number of anilines is 1. The summed E-state index contributed by atoms with van der Waals surface area (Å²) in [6.45, 7) is 3.29. The third kappa shape index (κ3) is 2.83. The Morgan fingerprint density at radius 1 is 1.23 bits per heavy atom. The number of ether oxygens (including phenoxy) is 1. The maximum absolute atomic E-state index is 5.93. The molecule has 0 aromatic carbocycles. The molecular weight excluding hydrogens is 278 g/mol. The van der Waals surface area contributed by atoms with E-state index in [1.165, 1.54) is 24.1 Å². The van der Waals surface area contributed by atoms with Crippen molar-refractivity contribution in [2.45, 2.75) is 25.3 Å². The fourth-order valence-electron chi connectivity index (χ4n) is 3.04. The molecule has 3 heterocycles. The maximum Gasteiger partial charge on any atom is 0.225 e. The predicted molar refractivity (Wildman–Crippen MR) is 82.6 cm³/mol. The summed E-state index contributed by atoms with van der Waals surface area (Å²) >= 11 is 0. The first-order valence-corrected chi connectivity index (χ1v) is 7.91. The van der Waals surface area contributed by atoms with Crippen LogP contribution in [0.1, 0.15) is 30.0 Å². The molecule has 22 heavy (non-hydrogen) atoms. The molecule has 0 spiro atoms. The molecule has 0 N–H and O–H groups in total. The van der Waals surface area contributed by atoms with Gasteiger partial charge in [0.2, 0.25) is 5.95 Å². The monoisotopic (exact) mass is 299 g/mol. The summed E-state index contributed by atoms with van der Waals surface area (Å²) in [7, 11) is 1.98. The Kier molecular flexibility index (Phi) is 3.54. The molecule has 116 valence electrons. The van der Waals surface area contributed by atoms with Crippen molar-refractivity contribution in [2.75, 3.05) is 24.7 Å². The quantitative estimate of drug-likeness (QED) is 0.842. The Balaban J connectivity index is 1.52. The Hall–Kier alpha value is -1.95. The molecule has 0 amide bonds. The Labute approximate surface area is 130 Å². The molecule has 0 saturated heterocycles. The van der Waals surface area contributed by atoms with Crippen molar-refractivity contribution in [1.82, 2.24) is 19.7 Å². The molecule has 2 aliphatic rings. The minimum atomic E-state index is 0.285. The third-order valence-corrected chi connectivity index (χ3v) is 4.33. The first-order valence-electron chi connectivity index (χ1n) is 7.91. The van der Waals surface area contributed by atoms with Crippen molar-refractivity contribution < 1.29 is 4.74 Å². The van der Waals surface area contributed by atoms with Crippen LogP contribution in [0.15, 0.2) is 24.7 Å². The number of aryl methyl sites for hydroxylation is 1. The van der Waals surface area contributed by atoms with Crippen LogP contribution in [-0.2, 0) is 18.3 Å². The van der Waals surface area contributed by atoms with Gasteiger partial charge in [-0.25, -0.2) is 9.97 Å². The number of aromatic nitrogens is 4. The summed E-state index contributed by atoms with van der Waals surface area (Å²) in [5.41, 5.74) is 2.42. The van der Waals surface area contributed by atoms with Crippen LogP contribution < -0.4 is 4.90 Å². The van der Waals surface area contributed by atoms with Gasteiger partial charge in [-0.15, -0.1) is 0 Å². The summed E-state index contributed by atoms with van der Waals surface area (Å²) in [5, 5.41) is 4.64. The standard InChI is InChI=1S/C16H21N5O/c1-20-7-13-8-21(16-17-5-2-6-18-16)9-14(15(13)19-20)11-22-10-12-3-4-12/h2,5-7,12,14H,3-4,8-11H2,1H3/t14-/m1/s1. The molecule has 0 bridgehead atoms. The molecule has 2 aromatic rings. The summed E-state index contributed by atoms with van der Waals surface area (Å²) in [5.74, 6) is 1.86. The SMILES string of the molecule is Cn1cc2c(n1)[C@@H](COCC1CC1)CN(c1ncccn1)C2. The van der Waals surface area contributed by atoms with Crippen LogP contribution in [0.4, 0.5) is 5.95 Å². The highest BCUT2D eigenvalue weighted by Crippen LogP contribution is 2.31. The Morgan fingerprint density at radius 3 is 2.82 bits per heavy atom. The highest BCUT2D eigenvalue weighted by molar-refractivity contribution is 5.38. The van der Waals surface area contributed by atoms with Gasteiger partial charge in [-0.1, -0.05) is 0 Å². The zero-order chi connectivity index (χ0) is 14.9. The van der Waals surface area contributed by atoms with Gasteiger partial charge in [0.05, 0.1) is 12.3 Å². The molecule has 6 heteroatoms. The first kappa shape index (κ1) is 13.7. The molecular formula is C16H21N5O. The normalized spacial score (nSPS) is 21.0. The van der Waals surface area contributed by atoms with Crippen LogP contribution in [0.2, 0.25) is 0 Å². The highest BCUT2D eigenvalue weighted by atomic mass is 16.5. The molecule has 1 saturated carbocycles. The van der Waals surface area contributed by atoms with E-state index < -0.39 is 0 Å². The van der Waals surface area contributed by atoms with E-state index in [0.717, 1.165) is 38.2 Å². The largest absolute Gasteiger partial charge is 0.380 e. The molecule has 4 rings (SSSR count). The maximum atomic E-state index is 5.93. The van der Waals surface area contributed by atoms with Crippen LogP contribution in [0.25, 0.3) is 0 Å². The van der Waals surface area contributed by atoms with Crippen molar-refractivity contribution >= 4 is 5.95 Å². The van der Waals surface area contributed by atoms with E-state index in [1.807, 2.05) is 17.8 Å². The second-order valence-electron chi connectivity index (χ2n) is 6.32. The van der Waals surface area contributed by atoms with E-state index >= 15 is 0 Å². The van der Waals surface area contributed by atoms with Gasteiger partial charge in [0.1, 0.15) is 0 Å². The lowest BCUT2D eigenvalue weighted by atomic mass is 9.97. The topological polar surface area (TPSA) is 56.1 Å². The number of fused-ring (bicyclic) bond motifs is 1. The predicted octanol–water partition coefficient (Wildman–Crippen LogP) is 1.74. The van der Waals surface area contributed by atoms with Crippen LogP contribution in [0.3, 0.4) is 0 Å². The van der Waals surface area contributed by atoms with Crippen LogP contribution >= 0.6 is 0 Å². The van der Waals surface area contributed by atoms with Gasteiger partial charge in [-0.2, -0.15) is 5.10 Å². The summed E-state index contributed by atoms with van der Waals surface area (Å²) in [6, 6.07) is 1.85.